The predicted octanol–water partition coefficient (Wildman–Crippen LogP) is 4.58. The number of rotatable bonds is 5. The highest BCUT2D eigenvalue weighted by Gasteiger charge is 2.09. The summed E-state index contributed by atoms with van der Waals surface area (Å²) in [6.07, 6.45) is 5.11. The van der Waals surface area contributed by atoms with Gasteiger partial charge in [0.2, 0.25) is 0 Å². The third-order valence-electron chi connectivity index (χ3n) is 4.64. The van der Waals surface area contributed by atoms with E-state index in [1.807, 2.05) is 31.2 Å². The Morgan fingerprint density at radius 2 is 1.63 bits per heavy atom. The summed E-state index contributed by atoms with van der Waals surface area (Å²) in [6.45, 7) is 2.24. The molecule has 3 heterocycles. The molecule has 0 spiro atoms. The van der Waals surface area contributed by atoms with Gasteiger partial charge in [0.25, 0.3) is 5.91 Å². The van der Waals surface area contributed by atoms with E-state index < -0.39 is 0 Å². The van der Waals surface area contributed by atoms with Crippen LogP contribution in [0.3, 0.4) is 0 Å². The van der Waals surface area contributed by atoms with Gasteiger partial charge in [-0.1, -0.05) is 24.3 Å². The number of pyridine rings is 3. The van der Waals surface area contributed by atoms with Gasteiger partial charge < -0.3 is 5.32 Å². The smallest absolute Gasteiger partial charge is 0.270 e. The molecule has 0 aliphatic rings. The quantitative estimate of drug-likeness (QED) is 0.534. The van der Waals surface area contributed by atoms with Crippen LogP contribution in [0.5, 0.6) is 0 Å². The molecule has 0 radical (unpaired) electrons. The second-order valence-electron chi connectivity index (χ2n) is 6.85. The average Bonchev–Trinajstić information content (AvgIpc) is 2.78. The Balaban J connectivity index is 1.38. The number of hydrogen-bond acceptors (Lipinski definition) is 4. The van der Waals surface area contributed by atoms with Crippen LogP contribution in [-0.4, -0.2) is 20.9 Å². The van der Waals surface area contributed by atoms with E-state index in [2.05, 4.69) is 20.3 Å². The third-order valence-corrected chi connectivity index (χ3v) is 4.64. The summed E-state index contributed by atoms with van der Waals surface area (Å²) in [6, 6.07) is 17.4. The Hall–Kier alpha value is -3.93. The Morgan fingerprint density at radius 3 is 2.30 bits per heavy atom. The molecule has 3 aromatic heterocycles. The first-order valence-corrected chi connectivity index (χ1v) is 9.47. The van der Waals surface area contributed by atoms with Crippen LogP contribution < -0.4 is 5.32 Å². The molecule has 4 aromatic rings. The van der Waals surface area contributed by atoms with Crippen LogP contribution in [0, 0.1) is 12.7 Å². The molecule has 6 heteroatoms. The van der Waals surface area contributed by atoms with Crippen molar-refractivity contribution < 1.29 is 9.18 Å². The normalized spacial score (nSPS) is 10.6. The fraction of sp³-hybridized carbons (Fsp3) is 0.0833. The van der Waals surface area contributed by atoms with Gasteiger partial charge in [0.1, 0.15) is 11.5 Å². The largest absolute Gasteiger partial charge is 0.345 e. The molecule has 0 saturated heterocycles. The molecule has 0 saturated carbocycles. The molecule has 0 unspecified atom stereocenters. The molecule has 0 aliphatic heterocycles. The highest BCUT2D eigenvalue weighted by molar-refractivity contribution is 5.92. The molecule has 4 rings (SSSR count). The van der Waals surface area contributed by atoms with Crippen LogP contribution in [0.2, 0.25) is 0 Å². The number of halogens is 1. The Bertz CT molecular complexity index is 1170. The summed E-state index contributed by atoms with van der Waals surface area (Å²) in [5.41, 5.74) is 5.48. The van der Waals surface area contributed by atoms with Crippen molar-refractivity contribution in [2.75, 3.05) is 0 Å². The standard InChI is InChI=1S/C24H19FN4O/c1-16-11-18(9-10-26-16)19-5-7-22(27-13-19)15-29-24(30)23-8-6-20(14-28-23)17-3-2-4-21(25)12-17/h2-14H,15H2,1H3,(H,29,30). The third kappa shape index (κ3) is 4.55. The van der Waals surface area contributed by atoms with Crippen molar-refractivity contribution in [3.63, 3.8) is 0 Å². The molecular formula is C24H19FN4O. The van der Waals surface area contributed by atoms with Gasteiger partial charge in [0.15, 0.2) is 0 Å². The van der Waals surface area contributed by atoms with Crippen LogP contribution in [-0.2, 0) is 6.54 Å². The van der Waals surface area contributed by atoms with Gasteiger partial charge in [-0.3, -0.25) is 19.7 Å². The molecule has 1 N–H and O–H groups in total. The highest BCUT2D eigenvalue weighted by Crippen LogP contribution is 2.20. The Kier molecular flexibility index (Phi) is 5.57. The van der Waals surface area contributed by atoms with Gasteiger partial charge in [-0.05, 0) is 54.4 Å². The number of aryl methyl sites for hydroxylation is 1. The van der Waals surface area contributed by atoms with E-state index in [-0.39, 0.29) is 11.7 Å². The van der Waals surface area contributed by atoms with E-state index in [4.69, 9.17) is 0 Å². The predicted molar refractivity (Wildman–Crippen MR) is 113 cm³/mol. The molecule has 0 fully saturated rings. The van der Waals surface area contributed by atoms with Crippen LogP contribution in [0.4, 0.5) is 4.39 Å². The van der Waals surface area contributed by atoms with Crippen molar-refractivity contribution in [1.82, 2.24) is 20.3 Å². The van der Waals surface area contributed by atoms with Crippen molar-refractivity contribution >= 4 is 5.91 Å². The number of nitrogens with one attached hydrogen (secondary N) is 1. The zero-order chi connectivity index (χ0) is 20.9. The lowest BCUT2D eigenvalue weighted by molar-refractivity contribution is 0.0945. The summed E-state index contributed by atoms with van der Waals surface area (Å²) in [5, 5.41) is 2.82. The number of nitrogens with zero attached hydrogens (tertiary/aromatic N) is 3. The van der Waals surface area contributed by atoms with Crippen LogP contribution in [0.25, 0.3) is 22.3 Å². The minimum absolute atomic E-state index is 0.291. The second-order valence-corrected chi connectivity index (χ2v) is 6.85. The summed E-state index contributed by atoms with van der Waals surface area (Å²) < 4.78 is 13.4. The fourth-order valence-electron chi connectivity index (χ4n) is 3.05. The zero-order valence-corrected chi connectivity index (χ0v) is 16.3. The maximum absolute atomic E-state index is 13.4. The van der Waals surface area contributed by atoms with E-state index in [0.29, 0.717) is 17.8 Å². The van der Waals surface area contributed by atoms with Gasteiger partial charge in [0, 0.05) is 35.4 Å². The lowest BCUT2D eigenvalue weighted by Crippen LogP contribution is -2.24. The summed E-state index contributed by atoms with van der Waals surface area (Å²) in [7, 11) is 0. The molecular weight excluding hydrogens is 379 g/mol. The van der Waals surface area contributed by atoms with Crippen LogP contribution >= 0.6 is 0 Å². The van der Waals surface area contributed by atoms with Crippen molar-refractivity contribution in [2.45, 2.75) is 13.5 Å². The molecule has 1 amide bonds. The van der Waals surface area contributed by atoms with Crippen molar-refractivity contribution in [3.8, 4) is 22.3 Å². The first kappa shape index (κ1) is 19.4. The minimum Gasteiger partial charge on any atom is -0.345 e. The molecule has 148 valence electrons. The maximum atomic E-state index is 13.4. The van der Waals surface area contributed by atoms with E-state index >= 15 is 0 Å². The molecule has 1 aromatic carbocycles. The van der Waals surface area contributed by atoms with Crippen molar-refractivity contribution in [2.24, 2.45) is 0 Å². The molecule has 0 aliphatic carbocycles. The van der Waals surface area contributed by atoms with E-state index in [0.717, 1.165) is 28.1 Å². The minimum atomic E-state index is -0.313. The maximum Gasteiger partial charge on any atom is 0.270 e. The van der Waals surface area contributed by atoms with Crippen molar-refractivity contribution in [1.29, 1.82) is 0 Å². The topological polar surface area (TPSA) is 67.8 Å². The van der Waals surface area contributed by atoms with Gasteiger partial charge >= 0.3 is 0 Å². The van der Waals surface area contributed by atoms with Gasteiger partial charge in [0.05, 0.1) is 12.2 Å². The first-order valence-electron chi connectivity index (χ1n) is 9.47. The number of carbonyl (C=O) groups excluding carboxylic acids is 1. The lowest BCUT2D eigenvalue weighted by Gasteiger charge is -2.07. The zero-order valence-electron chi connectivity index (χ0n) is 16.3. The molecule has 5 nitrogen and oxygen atoms in total. The average molecular weight is 398 g/mol. The lowest BCUT2D eigenvalue weighted by atomic mass is 10.1. The molecule has 30 heavy (non-hydrogen) atoms. The first-order chi connectivity index (χ1) is 14.6. The highest BCUT2D eigenvalue weighted by atomic mass is 19.1. The number of amides is 1. The number of benzene rings is 1. The molecule has 0 bridgehead atoms. The van der Waals surface area contributed by atoms with Gasteiger partial charge in [-0.15, -0.1) is 0 Å². The summed E-state index contributed by atoms with van der Waals surface area (Å²) in [4.78, 5) is 25.2. The summed E-state index contributed by atoms with van der Waals surface area (Å²) >= 11 is 0. The number of hydrogen-bond donors (Lipinski definition) is 1. The van der Waals surface area contributed by atoms with E-state index in [9.17, 15) is 9.18 Å². The van der Waals surface area contributed by atoms with Crippen LogP contribution in [0.15, 0.2) is 79.3 Å². The number of carbonyl (C=O) groups is 1. The number of aromatic nitrogens is 3. The van der Waals surface area contributed by atoms with Gasteiger partial charge in [-0.25, -0.2) is 4.39 Å². The van der Waals surface area contributed by atoms with Crippen LogP contribution in [0.1, 0.15) is 21.9 Å². The molecule has 0 atom stereocenters. The van der Waals surface area contributed by atoms with Crippen molar-refractivity contribution in [3.05, 3.63) is 102 Å². The van der Waals surface area contributed by atoms with Gasteiger partial charge in [-0.2, -0.15) is 0 Å². The Morgan fingerprint density at radius 1 is 0.867 bits per heavy atom. The van der Waals surface area contributed by atoms with E-state index in [1.165, 1.54) is 12.1 Å². The summed E-state index contributed by atoms with van der Waals surface area (Å²) in [5.74, 6) is -0.608. The SMILES string of the molecule is Cc1cc(-c2ccc(CNC(=O)c3ccc(-c4cccc(F)c4)cn3)nc2)ccn1. The fourth-order valence-corrected chi connectivity index (χ4v) is 3.05. The Labute approximate surface area is 173 Å². The second kappa shape index (κ2) is 8.61. The van der Waals surface area contributed by atoms with E-state index in [1.54, 1.807) is 42.9 Å². The monoisotopic (exact) mass is 398 g/mol.